The Hall–Kier alpha value is -1.06. The van der Waals surface area contributed by atoms with E-state index in [1.807, 2.05) is 0 Å². The van der Waals surface area contributed by atoms with Crippen LogP contribution in [0.4, 0.5) is 0 Å². The molecule has 1 amide bonds. The highest BCUT2D eigenvalue weighted by molar-refractivity contribution is 5.85. The summed E-state index contributed by atoms with van der Waals surface area (Å²) in [6.07, 6.45) is 1.01. The molecule has 1 aromatic rings. The monoisotopic (exact) mass is 280 g/mol. The van der Waals surface area contributed by atoms with Crippen molar-refractivity contribution in [1.29, 1.82) is 0 Å². The first-order valence-corrected chi connectivity index (χ1v) is 6.79. The van der Waals surface area contributed by atoms with Gasteiger partial charge in [-0.15, -0.1) is 12.4 Å². The van der Waals surface area contributed by atoms with Crippen molar-refractivity contribution < 1.29 is 4.79 Å². The van der Waals surface area contributed by atoms with Crippen LogP contribution >= 0.6 is 12.4 Å². The number of aryl methyl sites for hydroxylation is 1. The third kappa shape index (κ3) is 3.10. The highest BCUT2D eigenvalue weighted by atomic mass is 35.5. The van der Waals surface area contributed by atoms with Crippen LogP contribution in [-0.4, -0.2) is 25.5 Å². The van der Waals surface area contributed by atoms with Crippen LogP contribution < -0.4 is 10.6 Å². The highest BCUT2D eigenvalue weighted by Crippen LogP contribution is 2.48. The van der Waals surface area contributed by atoms with E-state index in [0.29, 0.717) is 11.8 Å². The van der Waals surface area contributed by atoms with Gasteiger partial charge in [-0.1, -0.05) is 24.3 Å². The molecule has 1 aliphatic carbocycles. The second-order valence-corrected chi connectivity index (χ2v) is 5.57. The van der Waals surface area contributed by atoms with Crippen LogP contribution in [0.1, 0.15) is 23.5 Å². The van der Waals surface area contributed by atoms with E-state index in [9.17, 15) is 4.79 Å². The van der Waals surface area contributed by atoms with Gasteiger partial charge in [-0.25, -0.2) is 0 Å². The zero-order valence-corrected chi connectivity index (χ0v) is 12.0. The average molecular weight is 281 g/mol. The summed E-state index contributed by atoms with van der Waals surface area (Å²) in [4.78, 5) is 12.0. The molecule has 1 saturated carbocycles. The van der Waals surface area contributed by atoms with Crippen molar-refractivity contribution in [3.8, 4) is 0 Å². The smallest absolute Gasteiger partial charge is 0.223 e. The molecule has 1 heterocycles. The fourth-order valence-corrected chi connectivity index (χ4v) is 2.70. The summed E-state index contributed by atoms with van der Waals surface area (Å²) in [6, 6.07) is 8.40. The van der Waals surface area contributed by atoms with Crippen LogP contribution in [0.3, 0.4) is 0 Å². The molecule has 0 spiro atoms. The number of nitrogens with one attached hydrogen (secondary N) is 2. The molecule has 19 heavy (non-hydrogen) atoms. The Kier molecular flexibility index (Phi) is 4.48. The SMILES string of the molecule is Cc1ccccc1C1CC1C(=O)NCC1CNC1.Cl. The van der Waals surface area contributed by atoms with E-state index in [0.717, 1.165) is 26.1 Å². The first-order chi connectivity index (χ1) is 8.75. The Bertz CT molecular complexity index is 459. The minimum absolute atomic E-state index is 0. The molecule has 2 aliphatic rings. The van der Waals surface area contributed by atoms with Crippen molar-refractivity contribution >= 4 is 18.3 Å². The molecule has 2 atom stereocenters. The maximum atomic E-state index is 12.0. The van der Waals surface area contributed by atoms with E-state index in [2.05, 4.69) is 41.8 Å². The van der Waals surface area contributed by atoms with Crippen LogP contribution in [0.15, 0.2) is 24.3 Å². The van der Waals surface area contributed by atoms with Gasteiger partial charge in [-0.3, -0.25) is 4.79 Å². The summed E-state index contributed by atoms with van der Waals surface area (Å²) in [6.45, 7) is 5.06. The third-order valence-corrected chi connectivity index (χ3v) is 4.15. The molecule has 0 bridgehead atoms. The molecule has 3 nitrogen and oxygen atoms in total. The van der Waals surface area contributed by atoms with Crippen molar-refractivity contribution in [3.63, 3.8) is 0 Å². The number of carbonyl (C=O) groups is 1. The summed E-state index contributed by atoms with van der Waals surface area (Å²) in [5.74, 6) is 1.55. The van der Waals surface area contributed by atoms with E-state index >= 15 is 0 Å². The Balaban J connectivity index is 0.00000133. The van der Waals surface area contributed by atoms with E-state index < -0.39 is 0 Å². The number of halogens is 1. The fraction of sp³-hybridized carbons (Fsp3) is 0.533. The molecular formula is C15H21ClN2O. The van der Waals surface area contributed by atoms with Gasteiger partial charge in [0.15, 0.2) is 0 Å². The summed E-state index contributed by atoms with van der Waals surface area (Å²) in [7, 11) is 0. The van der Waals surface area contributed by atoms with Gasteiger partial charge < -0.3 is 10.6 Å². The summed E-state index contributed by atoms with van der Waals surface area (Å²) >= 11 is 0. The molecule has 2 fully saturated rings. The van der Waals surface area contributed by atoms with Gasteiger partial charge in [0.25, 0.3) is 0 Å². The van der Waals surface area contributed by atoms with Crippen molar-refractivity contribution in [1.82, 2.24) is 10.6 Å². The van der Waals surface area contributed by atoms with Crippen LogP contribution in [0.25, 0.3) is 0 Å². The quantitative estimate of drug-likeness (QED) is 0.884. The molecule has 1 saturated heterocycles. The van der Waals surface area contributed by atoms with Gasteiger partial charge in [0, 0.05) is 31.5 Å². The zero-order chi connectivity index (χ0) is 12.5. The predicted octanol–water partition coefficient (Wildman–Crippen LogP) is 1.86. The lowest BCUT2D eigenvalue weighted by molar-refractivity contribution is -0.122. The van der Waals surface area contributed by atoms with Gasteiger partial charge >= 0.3 is 0 Å². The zero-order valence-electron chi connectivity index (χ0n) is 11.2. The summed E-state index contributed by atoms with van der Waals surface area (Å²) < 4.78 is 0. The lowest BCUT2D eigenvalue weighted by Gasteiger charge is -2.27. The fourth-order valence-electron chi connectivity index (χ4n) is 2.70. The number of rotatable bonds is 4. The Morgan fingerprint density at radius 1 is 1.37 bits per heavy atom. The van der Waals surface area contributed by atoms with Crippen molar-refractivity contribution in [2.45, 2.75) is 19.3 Å². The Morgan fingerprint density at radius 3 is 2.74 bits per heavy atom. The molecule has 1 aromatic carbocycles. The molecule has 0 aromatic heterocycles. The number of hydrogen-bond donors (Lipinski definition) is 2. The number of hydrogen-bond acceptors (Lipinski definition) is 2. The maximum Gasteiger partial charge on any atom is 0.223 e. The second kappa shape index (κ2) is 5.93. The van der Waals surface area contributed by atoms with Gasteiger partial charge in [-0.05, 0) is 30.4 Å². The second-order valence-electron chi connectivity index (χ2n) is 5.57. The minimum atomic E-state index is 0. The van der Waals surface area contributed by atoms with Gasteiger partial charge in [0.1, 0.15) is 0 Å². The predicted molar refractivity (Wildman–Crippen MR) is 78.6 cm³/mol. The van der Waals surface area contributed by atoms with E-state index in [1.54, 1.807) is 0 Å². The topological polar surface area (TPSA) is 41.1 Å². The molecule has 1 aliphatic heterocycles. The largest absolute Gasteiger partial charge is 0.355 e. The van der Waals surface area contributed by atoms with Crippen molar-refractivity contribution in [2.24, 2.45) is 11.8 Å². The first kappa shape index (κ1) is 14.4. The van der Waals surface area contributed by atoms with Crippen LogP contribution in [0, 0.1) is 18.8 Å². The van der Waals surface area contributed by atoms with Gasteiger partial charge in [0.2, 0.25) is 5.91 Å². The number of amides is 1. The highest BCUT2D eigenvalue weighted by Gasteiger charge is 2.44. The molecule has 3 rings (SSSR count). The number of benzene rings is 1. The molecule has 104 valence electrons. The lowest BCUT2D eigenvalue weighted by atomic mass is 10.0. The third-order valence-electron chi connectivity index (χ3n) is 4.15. The van der Waals surface area contributed by atoms with Crippen LogP contribution in [0.5, 0.6) is 0 Å². The van der Waals surface area contributed by atoms with Crippen LogP contribution in [-0.2, 0) is 4.79 Å². The maximum absolute atomic E-state index is 12.0. The molecule has 4 heteroatoms. The van der Waals surface area contributed by atoms with E-state index in [4.69, 9.17) is 0 Å². The Labute approximate surface area is 120 Å². The molecule has 0 radical (unpaired) electrons. The first-order valence-electron chi connectivity index (χ1n) is 6.79. The Morgan fingerprint density at radius 2 is 2.11 bits per heavy atom. The van der Waals surface area contributed by atoms with Gasteiger partial charge in [0.05, 0.1) is 0 Å². The normalized spacial score (nSPS) is 25.1. The van der Waals surface area contributed by atoms with E-state index in [1.165, 1.54) is 11.1 Å². The van der Waals surface area contributed by atoms with Gasteiger partial charge in [-0.2, -0.15) is 0 Å². The van der Waals surface area contributed by atoms with Crippen molar-refractivity contribution in [2.75, 3.05) is 19.6 Å². The molecular weight excluding hydrogens is 260 g/mol. The average Bonchev–Trinajstić information content (AvgIpc) is 3.07. The molecule has 2 N–H and O–H groups in total. The van der Waals surface area contributed by atoms with Crippen LogP contribution in [0.2, 0.25) is 0 Å². The minimum Gasteiger partial charge on any atom is -0.355 e. The summed E-state index contributed by atoms with van der Waals surface area (Å²) in [5, 5.41) is 6.31. The number of carbonyl (C=O) groups excluding carboxylic acids is 1. The summed E-state index contributed by atoms with van der Waals surface area (Å²) in [5.41, 5.74) is 2.66. The standard InChI is InChI=1S/C15H20N2O.ClH/c1-10-4-2-3-5-12(10)13-6-14(13)15(18)17-9-11-7-16-8-11;/h2-5,11,13-14,16H,6-9H2,1H3,(H,17,18);1H. The molecule has 2 unspecified atom stereocenters. The van der Waals surface area contributed by atoms with Crippen molar-refractivity contribution in [3.05, 3.63) is 35.4 Å². The lowest BCUT2D eigenvalue weighted by Crippen LogP contribution is -2.48. The van der Waals surface area contributed by atoms with E-state index in [-0.39, 0.29) is 24.2 Å².